The predicted molar refractivity (Wildman–Crippen MR) is 87.2 cm³/mol. The van der Waals surface area contributed by atoms with Crippen molar-refractivity contribution >= 4 is 5.91 Å². The van der Waals surface area contributed by atoms with Gasteiger partial charge >= 0.3 is 0 Å². The summed E-state index contributed by atoms with van der Waals surface area (Å²) in [6.07, 6.45) is 3.88. The second-order valence-corrected chi connectivity index (χ2v) is 5.94. The molecule has 7 heteroatoms. The topological polar surface area (TPSA) is 52.2 Å². The zero-order chi connectivity index (χ0) is 17.5. The number of rotatable bonds is 8. The maximum atomic E-state index is 13.2. The second-order valence-electron chi connectivity index (χ2n) is 5.94. The Labute approximate surface area is 140 Å². The number of carbonyl (C=O) groups is 1. The lowest BCUT2D eigenvalue weighted by molar-refractivity contribution is -0.132. The Morgan fingerprint density at radius 2 is 2.00 bits per heavy atom. The van der Waals surface area contributed by atoms with E-state index in [0.29, 0.717) is 25.1 Å². The Morgan fingerprint density at radius 1 is 1.21 bits per heavy atom. The molecule has 0 radical (unpaired) electrons. The lowest BCUT2D eigenvalue weighted by Crippen LogP contribution is -2.36. The van der Waals surface area contributed by atoms with E-state index in [1.807, 2.05) is 19.0 Å². The molecule has 0 bridgehead atoms. The van der Waals surface area contributed by atoms with Gasteiger partial charge in [0, 0.05) is 25.7 Å². The van der Waals surface area contributed by atoms with E-state index in [0.717, 1.165) is 24.4 Å². The molecule has 0 atom stereocenters. The van der Waals surface area contributed by atoms with Crippen LogP contribution < -0.4 is 0 Å². The molecule has 0 spiro atoms. The van der Waals surface area contributed by atoms with Crippen LogP contribution in [0.25, 0.3) is 0 Å². The molecule has 130 valence electrons. The number of halogens is 2. The van der Waals surface area contributed by atoms with E-state index >= 15 is 0 Å². The number of nitrogens with zero attached hydrogens (tertiary/aromatic N) is 3. The summed E-state index contributed by atoms with van der Waals surface area (Å²) in [6.45, 7) is 1.78. The normalized spacial score (nSPS) is 11.0. The molecule has 1 aromatic carbocycles. The monoisotopic (exact) mass is 336 g/mol. The average Bonchev–Trinajstić information content (AvgIpc) is 3.05. The quantitative estimate of drug-likeness (QED) is 0.804. The van der Waals surface area contributed by atoms with E-state index in [-0.39, 0.29) is 12.3 Å². The minimum Gasteiger partial charge on any atom is -0.347 e. The highest BCUT2D eigenvalue weighted by molar-refractivity contribution is 5.76. The maximum Gasteiger partial charge on any atom is 0.223 e. The van der Waals surface area contributed by atoms with Crippen LogP contribution in [0.2, 0.25) is 0 Å². The number of nitrogens with one attached hydrogen (secondary N) is 1. The van der Waals surface area contributed by atoms with Crippen LogP contribution in [0, 0.1) is 11.6 Å². The van der Waals surface area contributed by atoms with Gasteiger partial charge in [-0.2, -0.15) is 0 Å². The highest BCUT2D eigenvalue weighted by Crippen LogP contribution is 2.12. The Bertz CT molecular complexity index is 659. The molecule has 0 aliphatic carbocycles. The number of aromatic amines is 1. The van der Waals surface area contributed by atoms with Gasteiger partial charge in [0.2, 0.25) is 5.91 Å². The maximum absolute atomic E-state index is 13.2. The Kier molecular flexibility index (Phi) is 6.43. The molecule has 0 unspecified atom stereocenters. The van der Waals surface area contributed by atoms with E-state index in [9.17, 15) is 13.6 Å². The average molecular weight is 336 g/mol. The van der Waals surface area contributed by atoms with Crippen LogP contribution >= 0.6 is 0 Å². The number of aryl methyl sites for hydroxylation is 1. The van der Waals surface area contributed by atoms with Crippen LogP contribution in [0.15, 0.2) is 30.7 Å². The molecule has 0 saturated carbocycles. The van der Waals surface area contributed by atoms with Crippen molar-refractivity contribution in [1.82, 2.24) is 19.8 Å². The minimum atomic E-state index is -0.887. The van der Waals surface area contributed by atoms with Gasteiger partial charge in [-0.1, -0.05) is 6.07 Å². The molecule has 1 N–H and O–H groups in total. The van der Waals surface area contributed by atoms with Crippen molar-refractivity contribution in [2.75, 3.05) is 27.2 Å². The molecule has 2 rings (SSSR count). The summed E-state index contributed by atoms with van der Waals surface area (Å²) >= 11 is 0. The number of likely N-dealkylation sites (N-methyl/N-ethyl adjacent to an activating group) is 1. The van der Waals surface area contributed by atoms with Crippen LogP contribution in [0.1, 0.15) is 17.7 Å². The Hall–Kier alpha value is -2.28. The van der Waals surface area contributed by atoms with E-state index in [2.05, 4.69) is 9.97 Å². The number of hydrogen-bond acceptors (Lipinski definition) is 3. The summed E-state index contributed by atoms with van der Waals surface area (Å²) in [6, 6.07) is 3.73. The molecule has 0 saturated heterocycles. The van der Waals surface area contributed by atoms with Crippen molar-refractivity contribution in [3.05, 3.63) is 53.6 Å². The summed E-state index contributed by atoms with van der Waals surface area (Å²) in [4.78, 5) is 23.2. The fourth-order valence-corrected chi connectivity index (χ4v) is 2.29. The van der Waals surface area contributed by atoms with Crippen molar-refractivity contribution in [3.63, 3.8) is 0 Å². The third kappa shape index (κ3) is 5.42. The van der Waals surface area contributed by atoms with Crippen LogP contribution in [0.5, 0.6) is 0 Å². The molecule has 1 heterocycles. The van der Waals surface area contributed by atoms with Gasteiger partial charge in [0.1, 0.15) is 0 Å². The lowest BCUT2D eigenvalue weighted by atomic mass is 10.1. The predicted octanol–water partition coefficient (Wildman–Crippen LogP) is 2.21. The number of imidazole rings is 1. The zero-order valence-corrected chi connectivity index (χ0v) is 13.9. The number of hydrogen-bond donors (Lipinski definition) is 1. The SMILES string of the molecule is CN(C)CCN(Cc1cnc[nH]1)C(=O)CCc1ccc(F)c(F)c1. The molecular formula is C17H22F2N4O. The standard InChI is InChI=1S/C17H22F2N4O/c1-22(2)7-8-23(11-14-10-20-12-21-14)17(24)6-4-13-3-5-15(18)16(19)9-13/h3,5,9-10,12H,4,6-8,11H2,1-2H3,(H,20,21). The summed E-state index contributed by atoms with van der Waals surface area (Å²) in [5, 5.41) is 0. The van der Waals surface area contributed by atoms with Crippen LogP contribution in [0.4, 0.5) is 8.78 Å². The number of amides is 1. The lowest BCUT2D eigenvalue weighted by Gasteiger charge is -2.24. The van der Waals surface area contributed by atoms with Gasteiger partial charge < -0.3 is 14.8 Å². The second kappa shape index (κ2) is 8.54. The first-order valence-corrected chi connectivity index (χ1v) is 7.79. The van der Waals surface area contributed by atoms with Crippen molar-refractivity contribution in [2.24, 2.45) is 0 Å². The molecular weight excluding hydrogens is 314 g/mol. The van der Waals surface area contributed by atoms with Crippen molar-refractivity contribution in [3.8, 4) is 0 Å². The van der Waals surface area contributed by atoms with E-state index in [4.69, 9.17) is 0 Å². The number of benzene rings is 1. The number of aromatic nitrogens is 2. The van der Waals surface area contributed by atoms with Crippen molar-refractivity contribution in [2.45, 2.75) is 19.4 Å². The van der Waals surface area contributed by atoms with Gasteiger partial charge in [-0.05, 0) is 38.2 Å². The van der Waals surface area contributed by atoms with E-state index in [1.165, 1.54) is 6.07 Å². The molecule has 24 heavy (non-hydrogen) atoms. The third-order valence-electron chi connectivity index (χ3n) is 3.70. The summed E-state index contributed by atoms with van der Waals surface area (Å²) in [5.74, 6) is -1.80. The fraction of sp³-hybridized carbons (Fsp3) is 0.412. The van der Waals surface area contributed by atoms with Crippen LogP contribution in [-0.4, -0.2) is 52.9 Å². The first-order chi connectivity index (χ1) is 11.5. The first-order valence-electron chi connectivity index (χ1n) is 7.79. The van der Waals surface area contributed by atoms with Gasteiger partial charge in [-0.25, -0.2) is 13.8 Å². The van der Waals surface area contributed by atoms with Gasteiger partial charge in [-0.15, -0.1) is 0 Å². The van der Waals surface area contributed by atoms with Crippen LogP contribution in [-0.2, 0) is 17.8 Å². The minimum absolute atomic E-state index is 0.0313. The summed E-state index contributed by atoms with van der Waals surface area (Å²) in [5.41, 5.74) is 1.46. The molecule has 0 aliphatic heterocycles. The first kappa shape index (κ1) is 18.1. The molecule has 5 nitrogen and oxygen atoms in total. The van der Waals surface area contributed by atoms with E-state index in [1.54, 1.807) is 17.4 Å². The molecule has 1 aromatic heterocycles. The highest BCUT2D eigenvalue weighted by Gasteiger charge is 2.15. The van der Waals surface area contributed by atoms with Crippen LogP contribution in [0.3, 0.4) is 0 Å². The zero-order valence-electron chi connectivity index (χ0n) is 13.9. The molecule has 0 fully saturated rings. The largest absolute Gasteiger partial charge is 0.347 e. The molecule has 1 amide bonds. The van der Waals surface area contributed by atoms with Crippen molar-refractivity contribution in [1.29, 1.82) is 0 Å². The molecule has 0 aliphatic rings. The van der Waals surface area contributed by atoms with Gasteiger partial charge in [-0.3, -0.25) is 4.79 Å². The number of H-pyrrole nitrogens is 1. The van der Waals surface area contributed by atoms with Gasteiger partial charge in [0.15, 0.2) is 11.6 Å². The van der Waals surface area contributed by atoms with Gasteiger partial charge in [0.25, 0.3) is 0 Å². The fourth-order valence-electron chi connectivity index (χ4n) is 2.29. The number of carbonyl (C=O) groups excluding carboxylic acids is 1. The summed E-state index contributed by atoms with van der Waals surface area (Å²) in [7, 11) is 3.89. The van der Waals surface area contributed by atoms with Gasteiger partial charge in [0.05, 0.1) is 18.6 Å². The summed E-state index contributed by atoms with van der Waals surface area (Å²) < 4.78 is 26.2. The Balaban J connectivity index is 1.96. The molecule has 2 aromatic rings. The Morgan fingerprint density at radius 3 is 2.62 bits per heavy atom. The smallest absolute Gasteiger partial charge is 0.223 e. The third-order valence-corrected chi connectivity index (χ3v) is 3.70. The van der Waals surface area contributed by atoms with Crippen molar-refractivity contribution < 1.29 is 13.6 Å². The highest BCUT2D eigenvalue weighted by atomic mass is 19.2. The van der Waals surface area contributed by atoms with E-state index < -0.39 is 11.6 Å².